The maximum atomic E-state index is 13.1. The maximum absolute atomic E-state index is 13.1. The van der Waals surface area contributed by atoms with Crippen LogP contribution in [0.15, 0.2) is 22.7 Å². The van der Waals surface area contributed by atoms with Crippen molar-refractivity contribution in [3.8, 4) is 0 Å². The Labute approximate surface area is 234 Å². The van der Waals surface area contributed by atoms with Crippen LogP contribution in [0.1, 0.15) is 46.9 Å². The highest BCUT2D eigenvalue weighted by molar-refractivity contribution is 9.10. The molecule has 3 rings (SSSR count). The SMILES string of the molecule is CCCC[C@H](C(=O)OCC(=O)Nc1ccc(Br)c(Cl)c1)N1C(=O)c2c(Cl)c(Cl)c(Cl)c(Cl)c2C1=O. The lowest BCUT2D eigenvalue weighted by atomic mass is 10.1. The number of fused-ring (bicyclic) bond motifs is 1. The average Bonchev–Trinajstić information content (AvgIpc) is 3.08. The van der Waals surface area contributed by atoms with Crippen LogP contribution in [0, 0.1) is 0 Å². The van der Waals surface area contributed by atoms with E-state index >= 15 is 0 Å². The van der Waals surface area contributed by atoms with Crippen molar-refractivity contribution in [1.29, 1.82) is 0 Å². The molecule has 0 saturated carbocycles. The number of esters is 1. The molecule has 3 amide bonds. The van der Waals surface area contributed by atoms with Gasteiger partial charge in [-0.1, -0.05) is 77.8 Å². The molecule has 13 heteroatoms. The second-order valence-electron chi connectivity index (χ2n) is 7.43. The minimum Gasteiger partial charge on any atom is -0.454 e. The summed E-state index contributed by atoms with van der Waals surface area (Å²) >= 11 is 33.7. The largest absolute Gasteiger partial charge is 0.454 e. The van der Waals surface area contributed by atoms with Gasteiger partial charge in [-0.2, -0.15) is 0 Å². The Morgan fingerprint density at radius 3 is 2.09 bits per heavy atom. The van der Waals surface area contributed by atoms with E-state index < -0.39 is 36.3 Å². The van der Waals surface area contributed by atoms with Crippen molar-refractivity contribution in [3.63, 3.8) is 0 Å². The number of anilines is 1. The molecule has 1 aliphatic heterocycles. The summed E-state index contributed by atoms with van der Waals surface area (Å²) in [5, 5.41) is 2.07. The van der Waals surface area contributed by atoms with Crippen LogP contribution in [0.3, 0.4) is 0 Å². The van der Waals surface area contributed by atoms with Crippen LogP contribution < -0.4 is 5.32 Å². The summed E-state index contributed by atoms with van der Waals surface area (Å²) < 4.78 is 5.79. The van der Waals surface area contributed by atoms with E-state index in [1.165, 1.54) is 6.07 Å². The Hall–Kier alpha value is -1.55. The number of nitrogens with zero attached hydrogens (tertiary/aromatic N) is 1. The molecule has 0 fully saturated rings. The van der Waals surface area contributed by atoms with Gasteiger partial charge in [-0.25, -0.2) is 4.79 Å². The van der Waals surface area contributed by atoms with Crippen LogP contribution in [-0.4, -0.2) is 41.2 Å². The third-order valence-electron chi connectivity index (χ3n) is 5.10. The lowest BCUT2D eigenvalue weighted by Gasteiger charge is -2.24. The minimum absolute atomic E-state index is 0.0987. The quantitative estimate of drug-likeness (QED) is 0.144. The highest BCUT2D eigenvalue weighted by Crippen LogP contribution is 2.45. The van der Waals surface area contributed by atoms with Crippen molar-refractivity contribution >= 4 is 103 Å². The summed E-state index contributed by atoms with van der Waals surface area (Å²) in [4.78, 5) is 52.3. The third-order valence-corrected chi connectivity index (χ3v) is 8.13. The van der Waals surface area contributed by atoms with E-state index in [-0.39, 0.29) is 37.6 Å². The second-order valence-corrected chi connectivity index (χ2v) is 10.2. The maximum Gasteiger partial charge on any atom is 0.329 e. The van der Waals surface area contributed by atoms with Gasteiger partial charge in [-0.3, -0.25) is 19.3 Å². The van der Waals surface area contributed by atoms with Gasteiger partial charge in [0.15, 0.2) is 6.61 Å². The number of nitrogens with one attached hydrogen (secondary N) is 1. The fourth-order valence-electron chi connectivity index (χ4n) is 3.40. The molecule has 35 heavy (non-hydrogen) atoms. The van der Waals surface area contributed by atoms with E-state index in [0.29, 0.717) is 28.0 Å². The third kappa shape index (κ3) is 5.73. The number of carbonyl (C=O) groups is 4. The van der Waals surface area contributed by atoms with Gasteiger partial charge in [0.2, 0.25) is 0 Å². The Bertz CT molecular complexity index is 1190. The first-order valence-electron chi connectivity index (χ1n) is 10.1. The number of unbranched alkanes of at least 4 members (excludes halogenated alkanes) is 1. The van der Waals surface area contributed by atoms with Crippen LogP contribution in [-0.2, 0) is 14.3 Å². The lowest BCUT2D eigenvalue weighted by molar-refractivity contribution is -0.151. The molecule has 0 radical (unpaired) electrons. The standard InChI is InChI=1S/C22H16BrCl5N2O5/c1-2-3-4-12(22(34)35-8-13(31)29-9-5-6-10(23)11(24)7-9)30-20(32)14-15(21(30)33)17(26)19(28)18(27)16(14)25/h5-7,12H,2-4,8H2,1H3,(H,29,31)/t12-/m1/s1. The number of rotatable bonds is 8. The van der Waals surface area contributed by atoms with E-state index in [1.54, 1.807) is 12.1 Å². The monoisotopic (exact) mass is 642 g/mol. The summed E-state index contributed by atoms with van der Waals surface area (Å²) in [5.41, 5.74) is -0.0920. The van der Waals surface area contributed by atoms with Crippen LogP contribution in [0.2, 0.25) is 25.1 Å². The van der Waals surface area contributed by atoms with Gasteiger partial charge in [-0.15, -0.1) is 0 Å². The molecule has 1 N–H and O–H groups in total. The molecule has 186 valence electrons. The predicted molar refractivity (Wildman–Crippen MR) is 139 cm³/mol. The number of hydrogen-bond donors (Lipinski definition) is 1. The number of carbonyl (C=O) groups excluding carboxylic acids is 4. The van der Waals surface area contributed by atoms with Gasteiger partial charge in [0, 0.05) is 10.2 Å². The Balaban J connectivity index is 1.80. The molecular weight excluding hydrogens is 629 g/mol. The van der Waals surface area contributed by atoms with Crippen molar-refractivity contribution < 1.29 is 23.9 Å². The normalized spacial score (nSPS) is 13.6. The topological polar surface area (TPSA) is 92.8 Å². The smallest absolute Gasteiger partial charge is 0.329 e. The van der Waals surface area contributed by atoms with Gasteiger partial charge in [0.25, 0.3) is 17.7 Å². The zero-order chi connectivity index (χ0) is 26.0. The van der Waals surface area contributed by atoms with Crippen molar-refractivity contribution in [2.24, 2.45) is 0 Å². The molecule has 7 nitrogen and oxygen atoms in total. The molecule has 1 atom stereocenters. The minimum atomic E-state index is -1.32. The van der Waals surface area contributed by atoms with Crippen molar-refractivity contribution in [3.05, 3.63) is 58.9 Å². The van der Waals surface area contributed by atoms with E-state index in [1.807, 2.05) is 6.92 Å². The molecule has 0 aromatic heterocycles. The molecule has 1 aliphatic rings. The molecule has 2 aromatic carbocycles. The molecule has 2 aromatic rings. The van der Waals surface area contributed by atoms with Crippen LogP contribution in [0.25, 0.3) is 0 Å². The molecule has 0 saturated heterocycles. The summed E-state index contributed by atoms with van der Waals surface area (Å²) in [6.45, 7) is 1.21. The zero-order valence-electron chi connectivity index (χ0n) is 17.9. The van der Waals surface area contributed by atoms with Gasteiger partial charge < -0.3 is 10.1 Å². The molecular formula is C22H16BrCl5N2O5. The first kappa shape index (κ1) is 28.0. The molecule has 0 unspecified atom stereocenters. The van der Waals surface area contributed by atoms with Crippen molar-refractivity contribution in [2.75, 3.05) is 11.9 Å². The van der Waals surface area contributed by atoms with E-state index in [2.05, 4.69) is 21.2 Å². The van der Waals surface area contributed by atoms with E-state index in [4.69, 9.17) is 62.7 Å². The molecule has 0 spiro atoms. The van der Waals surface area contributed by atoms with E-state index in [0.717, 1.165) is 4.90 Å². The van der Waals surface area contributed by atoms with Crippen molar-refractivity contribution in [2.45, 2.75) is 32.2 Å². The zero-order valence-corrected chi connectivity index (χ0v) is 23.3. The number of amides is 3. The Morgan fingerprint density at radius 1 is 1.00 bits per heavy atom. The van der Waals surface area contributed by atoms with E-state index in [9.17, 15) is 19.2 Å². The van der Waals surface area contributed by atoms with Gasteiger partial charge in [-0.05, 0) is 40.5 Å². The number of halogens is 6. The summed E-state index contributed by atoms with van der Waals surface area (Å²) in [5.74, 6) is -3.30. The summed E-state index contributed by atoms with van der Waals surface area (Å²) in [7, 11) is 0. The molecule has 0 aliphatic carbocycles. The van der Waals surface area contributed by atoms with Crippen molar-refractivity contribution in [1.82, 2.24) is 4.90 Å². The van der Waals surface area contributed by atoms with Crippen LogP contribution in [0.4, 0.5) is 5.69 Å². The first-order chi connectivity index (χ1) is 16.5. The highest BCUT2D eigenvalue weighted by Gasteiger charge is 2.47. The summed E-state index contributed by atoms with van der Waals surface area (Å²) in [6.07, 6.45) is 1.25. The number of benzene rings is 2. The molecule has 1 heterocycles. The van der Waals surface area contributed by atoms with Crippen LogP contribution >= 0.6 is 73.9 Å². The van der Waals surface area contributed by atoms with Crippen LogP contribution in [0.5, 0.6) is 0 Å². The fourth-order valence-corrected chi connectivity index (χ4v) is 4.84. The average molecular weight is 646 g/mol. The fraction of sp³-hybridized carbons (Fsp3) is 0.273. The second kappa shape index (κ2) is 11.7. The predicted octanol–water partition coefficient (Wildman–Crippen LogP) is 7.05. The summed E-state index contributed by atoms with van der Waals surface area (Å²) in [6, 6.07) is 3.43. The van der Waals surface area contributed by atoms with Gasteiger partial charge >= 0.3 is 5.97 Å². The number of imide groups is 1. The first-order valence-corrected chi connectivity index (χ1v) is 12.8. The van der Waals surface area contributed by atoms with Gasteiger partial charge in [0.05, 0.1) is 36.2 Å². The Kier molecular flexibility index (Phi) is 9.34. The highest BCUT2D eigenvalue weighted by atomic mass is 79.9. The lowest BCUT2D eigenvalue weighted by Crippen LogP contribution is -2.46. The molecule has 0 bridgehead atoms. The number of hydrogen-bond acceptors (Lipinski definition) is 5. The van der Waals surface area contributed by atoms with Gasteiger partial charge in [0.1, 0.15) is 6.04 Å². The number of ether oxygens (including phenoxy) is 1. The Morgan fingerprint density at radius 2 is 1.57 bits per heavy atom.